The first-order chi connectivity index (χ1) is 12.1. The topological polar surface area (TPSA) is 60.5 Å². The van der Waals surface area contributed by atoms with Crippen molar-refractivity contribution in [2.45, 2.75) is 20.1 Å². The van der Waals surface area contributed by atoms with Crippen LogP contribution >= 0.6 is 27.5 Å². The number of ether oxygens (including phenoxy) is 2. The molecule has 0 saturated carbocycles. The van der Waals surface area contributed by atoms with Gasteiger partial charge in [-0.25, -0.2) is 4.98 Å². The van der Waals surface area contributed by atoms with Crippen molar-refractivity contribution in [1.82, 2.24) is 10.3 Å². The Labute approximate surface area is 160 Å². The predicted octanol–water partition coefficient (Wildman–Crippen LogP) is 3.98. The van der Waals surface area contributed by atoms with Gasteiger partial charge in [-0.3, -0.25) is 4.79 Å². The zero-order chi connectivity index (χ0) is 18.1. The van der Waals surface area contributed by atoms with Crippen LogP contribution in [0.15, 0.2) is 41.0 Å². The summed E-state index contributed by atoms with van der Waals surface area (Å²) in [4.78, 5) is 16.2. The molecule has 0 fully saturated rings. The summed E-state index contributed by atoms with van der Waals surface area (Å²) in [5, 5.41) is 3.03. The molecule has 0 radical (unpaired) electrons. The van der Waals surface area contributed by atoms with Gasteiger partial charge >= 0.3 is 0 Å². The normalized spacial score (nSPS) is 10.7. The number of benzene rings is 1. The summed E-state index contributed by atoms with van der Waals surface area (Å²) in [5.41, 5.74) is 2.37. The molecule has 0 saturated heterocycles. The van der Waals surface area contributed by atoms with E-state index in [-0.39, 0.29) is 11.1 Å². The Balaban J connectivity index is 1.87. The second-order valence-electron chi connectivity index (χ2n) is 5.24. The Hall–Kier alpha value is -1.47. The predicted molar refractivity (Wildman–Crippen MR) is 101 cm³/mol. The Morgan fingerprint density at radius 3 is 2.80 bits per heavy atom. The van der Waals surface area contributed by atoms with Crippen molar-refractivity contribution in [3.05, 3.63) is 62.8 Å². The highest BCUT2D eigenvalue weighted by molar-refractivity contribution is 9.10. The molecular formula is C18H20BrClN2O3. The number of rotatable bonds is 9. The number of hydrogen-bond acceptors (Lipinski definition) is 4. The maximum atomic E-state index is 12.3. The maximum Gasteiger partial charge on any atom is 0.254 e. The Morgan fingerprint density at radius 2 is 2.00 bits per heavy atom. The number of aromatic nitrogens is 1. The van der Waals surface area contributed by atoms with Crippen LogP contribution in [0.3, 0.4) is 0 Å². The molecule has 0 aliphatic heterocycles. The number of halogens is 2. The lowest BCUT2D eigenvalue weighted by Gasteiger charge is -2.09. The molecule has 0 atom stereocenters. The number of hydrogen-bond donors (Lipinski definition) is 1. The number of pyridine rings is 1. The molecule has 1 heterocycles. The first-order valence-electron chi connectivity index (χ1n) is 7.92. The summed E-state index contributed by atoms with van der Waals surface area (Å²) in [6.07, 6.45) is 1.55. The maximum absolute atomic E-state index is 12.3. The molecule has 5 nitrogen and oxygen atoms in total. The van der Waals surface area contributed by atoms with Crippen LogP contribution in [-0.4, -0.2) is 30.7 Å². The van der Waals surface area contributed by atoms with E-state index in [2.05, 4.69) is 26.2 Å². The molecule has 2 aromatic rings. The molecular weight excluding hydrogens is 408 g/mol. The third kappa shape index (κ3) is 6.74. The van der Waals surface area contributed by atoms with Gasteiger partial charge in [0.05, 0.1) is 25.4 Å². The van der Waals surface area contributed by atoms with Gasteiger partial charge in [-0.2, -0.15) is 0 Å². The van der Waals surface area contributed by atoms with Gasteiger partial charge in [-0.15, -0.1) is 0 Å². The monoisotopic (exact) mass is 426 g/mol. The molecule has 0 aliphatic carbocycles. The SMILES string of the molecule is CCOCCOCc1cccc(CNC(=O)c2cc(Br)cnc2Cl)c1. The molecule has 25 heavy (non-hydrogen) atoms. The van der Waals surface area contributed by atoms with Gasteiger partial charge in [0.15, 0.2) is 0 Å². The number of nitrogens with zero attached hydrogens (tertiary/aromatic N) is 1. The van der Waals surface area contributed by atoms with Gasteiger partial charge in [-0.1, -0.05) is 35.9 Å². The van der Waals surface area contributed by atoms with Gasteiger partial charge in [0.25, 0.3) is 5.91 Å². The lowest BCUT2D eigenvalue weighted by atomic mass is 10.1. The molecule has 0 spiro atoms. The number of nitrogens with one attached hydrogen (secondary N) is 1. The van der Waals surface area contributed by atoms with Crippen LogP contribution in [0.2, 0.25) is 5.15 Å². The van der Waals surface area contributed by atoms with Crippen molar-refractivity contribution < 1.29 is 14.3 Å². The van der Waals surface area contributed by atoms with Gasteiger partial charge in [-0.05, 0) is 40.0 Å². The highest BCUT2D eigenvalue weighted by Gasteiger charge is 2.11. The minimum atomic E-state index is -0.267. The molecule has 0 aliphatic rings. The first kappa shape index (κ1) is 19.8. The molecule has 134 valence electrons. The van der Waals surface area contributed by atoms with Crippen LogP contribution in [0.4, 0.5) is 0 Å². The minimum absolute atomic E-state index is 0.178. The van der Waals surface area contributed by atoms with E-state index >= 15 is 0 Å². The zero-order valence-corrected chi connectivity index (χ0v) is 16.3. The molecule has 1 N–H and O–H groups in total. The third-order valence-corrected chi connectivity index (χ3v) is 4.07. The van der Waals surface area contributed by atoms with Crippen molar-refractivity contribution in [2.75, 3.05) is 19.8 Å². The van der Waals surface area contributed by atoms with Gasteiger partial charge in [0.1, 0.15) is 5.15 Å². The van der Waals surface area contributed by atoms with Crippen molar-refractivity contribution in [2.24, 2.45) is 0 Å². The van der Waals surface area contributed by atoms with E-state index in [4.69, 9.17) is 21.1 Å². The lowest BCUT2D eigenvalue weighted by Crippen LogP contribution is -2.23. The van der Waals surface area contributed by atoms with Crippen LogP contribution < -0.4 is 5.32 Å². The standard InChI is InChI=1S/C18H20BrClN2O3/c1-2-24-6-7-25-12-14-5-3-4-13(8-14)10-22-18(23)16-9-15(19)11-21-17(16)20/h3-5,8-9,11H,2,6-7,10,12H2,1H3,(H,22,23). The minimum Gasteiger partial charge on any atom is -0.379 e. The van der Waals surface area contributed by atoms with Gasteiger partial charge in [0, 0.05) is 23.8 Å². The second-order valence-corrected chi connectivity index (χ2v) is 6.52. The average molecular weight is 428 g/mol. The van der Waals surface area contributed by atoms with Crippen LogP contribution in [0.25, 0.3) is 0 Å². The molecule has 7 heteroatoms. The van der Waals surface area contributed by atoms with E-state index in [9.17, 15) is 4.79 Å². The fourth-order valence-corrected chi connectivity index (χ4v) is 2.66. The van der Waals surface area contributed by atoms with E-state index < -0.39 is 0 Å². The number of carbonyl (C=O) groups is 1. The zero-order valence-electron chi connectivity index (χ0n) is 13.9. The van der Waals surface area contributed by atoms with E-state index in [0.29, 0.717) is 43.0 Å². The highest BCUT2D eigenvalue weighted by Crippen LogP contribution is 2.18. The van der Waals surface area contributed by atoms with E-state index in [1.807, 2.05) is 31.2 Å². The fraction of sp³-hybridized carbons (Fsp3) is 0.333. The summed E-state index contributed by atoms with van der Waals surface area (Å²) in [6, 6.07) is 9.53. The highest BCUT2D eigenvalue weighted by atomic mass is 79.9. The smallest absolute Gasteiger partial charge is 0.254 e. The molecule has 0 unspecified atom stereocenters. The summed E-state index contributed by atoms with van der Waals surface area (Å²) in [6.45, 7) is 4.70. The van der Waals surface area contributed by atoms with Gasteiger partial charge in [0.2, 0.25) is 0 Å². The first-order valence-corrected chi connectivity index (χ1v) is 9.09. The molecule has 1 aromatic heterocycles. The van der Waals surface area contributed by atoms with Crippen LogP contribution in [0.5, 0.6) is 0 Å². The Morgan fingerprint density at radius 1 is 1.24 bits per heavy atom. The summed E-state index contributed by atoms with van der Waals surface area (Å²) >= 11 is 9.26. The number of carbonyl (C=O) groups excluding carboxylic acids is 1. The van der Waals surface area contributed by atoms with E-state index in [1.54, 1.807) is 12.3 Å². The average Bonchev–Trinajstić information content (AvgIpc) is 2.62. The molecule has 1 amide bonds. The summed E-state index contributed by atoms with van der Waals surface area (Å²) < 4.78 is 11.5. The van der Waals surface area contributed by atoms with Gasteiger partial charge < -0.3 is 14.8 Å². The Bertz CT molecular complexity index is 712. The van der Waals surface area contributed by atoms with E-state index in [1.165, 1.54) is 0 Å². The summed E-state index contributed by atoms with van der Waals surface area (Å²) in [5.74, 6) is -0.267. The largest absolute Gasteiger partial charge is 0.379 e. The quantitative estimate of drug-likeness (QED) is 0.486. The molecule has 2 rings (SSSR count). The summed E-state index contributed by atoms with van der Waals surface area (Å²) in [7, 11) is 0. The molecule has 0 bridgehead atoms. The Kier molecular flexibility index (Phi) is 8.34. The van der Waals surface area contributed by atoms with Crippen molar-refractivity contribution >= 4 is 33.4 Å². The third-order valence-electron chi connectivity index (χ3n) is 3.34. The van der Waals surface area contributed by atoms with E-state index in [0.717, 1.165) is 11.1 Å². The van der Waals surface area contributed by atoms with Crippen LogP contribution in [0, 0.1) is 0 Å². The second kappa shape index (κ2) is 10.5. The van der Waals surface area contributed by atoms with Crippen LogP contribution in [-0.2, 0) is 22.6 Å². The molecule has 1 aromatic carbocycles. The fourth-order valence-electron chi connectivity index (χ4n) is 2.14. The van der Waals surface area contributed by atoms with Crippen molar-refractivity contribution in [3.8, 4) is 0 Å². The van der Waals surface area contributed by atoms with Crippen LogP contribution in [0.1, 0.15) is 28.4 Å². The van der Waals surface area contributed by atoms with Crippen molar-refractivity contribution in [1.29, 1.82) is 0 Å². The van der Waals surface area contributed by atoms with Crippen molar-refractivity contribution in [3.63, 3.8) is 0 Å². The number of amides is 1. The lowest BCUT2D eigenvalue weighted by molar-refractivity contribution is 0.0453.